The third kappa shape index (κ3) is 2.19. The molecule has 0 amide bonds. The summed E-state index contributed by atoms with van der Waals surface area (Å²) in [7, 11) is 1.40. The molecule has 0 fully saturated rings. The lowest BCUT2D eigenvalue weighted by atomic mass is 9.91. The number of hydrogen-bond donors (Lipinski definition) is 0. The maximum atomic E-state index is 11.4. The van der Waals surface area contributed by atoms with Crippen LogP contribution in [0.25, 0.3) is 0 Å². The van der Waals surface area contributed by atoms with Crippen LogP contribution in [0.3, 0.4) is 0 Å². The molecule has 0 bridgehead atoms. The standard InChI is InChI=1S/C11H17NO3/c1-6(7(2)11(13)14-5)10-8(3)9(4)15-12-10/h6-7H,1-5H3. The van der Waals surface area contributed by atoms with Gasteiger partial charge in [0.25, 0.3) is 0 Å². The zero-order chi connectivity index (χ0) is 11.6. The molecule has 0 spiro atoms. The predicted octanol–water partition coefficient (Wildman–Crippen LogP) is 2.20. The summed E-state index contributed by atoms with van der Waals surface area (Å²) >= 11 is 0. The van der Waals surface area contributed by atoms with Crippen molar-refractivity contribution in [3.63, 3.8) is 0 Å². The molecule has 0 aromatic carbocycles. The van der Waals surface area contributed by atoms with Crippen molar-refractivity contribution in [2.24, 2.45) is 5.92 Å². The van der Waals surface area contributed by atoms with Gasteiger partial charge in [-0.1, -0.05) is 19.0 Å². The van der Waals surface area contributed by atoms with Crippen molar-refractivity contribution in [1.29, 1.82) is 0 Å². The van der Waals surface area contributed by atoms with E-state index < -0.39 is 0 Å². The van der Waals surface area contributed by atoms with E-state index in [1.807, 2.05) is 27.7 Å². The molecule has 2 unspecified atom stereocenters. The van der Waals surface area contributed by atoms with Crippen LogP contribution in [0.2, 0.25) is 0 Å². The van der Waals surface area contributed by atoms with Gasteiger partial charge in [0.05, 0.1) is 18.7 Å². The molecular weight excluding hydrogens is 194 g/mol. The van der Waals surface area contributed by atoms with Crippen molar-refractivity contribution in [3.05, 3.63) is 17.0 Å². The Bertz CT molecular complexity index is 357. The molecule has 1 rings (SSSR count). The van der Waals surface area contributed by atoms with Crippen LogP contribution < -0.4 is 0 Å². The number of methoxy groups -OCH3 is 1. The second-order valence-electron chi connectivity index (χ2n) is 3.85. The second-order valence-corrected chi connectivity index (χ2v) is 3.85. The van der Waals surface area contributed by atoms with Crippen LogP contribution in [0.15, 0.2) is 4.52 Å². The molecule has 1 aromatic heterocycles. The molecule has 0 aliphatic rings. The first-order chi connectivity index (χ1) is 6.99. The largest absolute Gasteiger partial charge is 0.469 e. The Kier molecular flexibility index (Phi) is 3.50. The van der Waals surface area contributed by atoms with Gasteiger partial charge in [-0.2, -0.15) is 0 Å². The molecule has 1 heterocycles. The van der Waals surface area contributed by atoms with Gasteiger partial charge in [0.15, 0.2) is 0 Å². The van der Waals surface area contributed by atoms with E-state index in [9.17, 15) is 4.79 Å². The minimum absolute atomic E-state index is 0.00917. The minimum Gasteiger partial charge on any atom is -0.469 e. The van der Waals surface area contributed by atoms with E-state index in [2.05, 4.69) is 5.16 Å². The third-order valence-electron chi connectivity index (χ3n) is 2.95. The third-order valence-corrected chi connectivity index (χ3v) is 2.95. The zero-order valence-corrected chi connectivity index (χ0v) is 9.83. The van der Waals surface area contributed by atoms with Crippen LogP contribution in [0, 0.1) is 19.8 Å². The molecule has 1 aromatic rings. The van der Waals surface area contributed by atoms with Crippen LogP contribution in [0.4, 0.5) is 0 Å². The highest BCUT2D eigenvalue weighted by Crippen LogP contribution is 2.27. The maximum absolute atomic E-state index is 11.4. The summed E-state index contributed by atoms with van der Waals surface area (Å²) in [6, 6.07) is 0. The van der Waals surface area contributed by atoms with Gasteiger partial charge in [0.1, 0.15) is 5.76 Å². The van der Waals surface area contributed by atoms with Crippen LogP contribution in [0.5, 0.6) is 0 Å². The van der Waals surface area contributed by atoms with Crippen LogP contribution >= 0.6 is 0 Å². The first-order valence-electron chi connectivity index (χ1n) is 4.99. The molecule has 0 saturated carbocycles. The number of esters is 1. The first kappa shape index (κ1) is 11.8. The van der Waals surface area contributed by atoms with Crippen molar-refractivity contribution in [3.8, 4) is 0 Å². The first-order valence-corrected chi connectivity index (χ1v) is 4.99. The molecule has 2 atom stereocenters. The van der Waals surface area contributed by atoms with Crippen LogP contribution in [0.1, 0.15) is 36.8 Å². The lowest BCUT2D eigenvalue weighted by molar-refractivity contribution is -0.145. The van der Waals surface area contributed by atoms with Gasteiger partial charge in [0.2, 0.25) is 0 Å². The Morgan fingerprint density at radius 1 is 1.40 bits per heavy atom. The topological polar surface area (TPSA) is 52.3 Å². The highest BCUT2D eigenvalue weighted by molar-refractivity contribution is 5.73. The fourth-order valence-electron chi connectivity index (χ4n) is 1.49. The SMILES string of the molecule is COC(=O)C(C)C(C)c1noc(C)c1C. The Labute approximate surface area is 89.6 Å². The Balaban J connectivity index is 2.89. The summed E-state index contributed by atoms with van der Waals surface area (Å²) < 4.78 is 9.78. The van der Waals surface area contributed by atoms with Crippen molar-refractivity contribution >= 4 is 5.97 Å². The number of aromatic nitrogens is 1. The highest BCUT2D eigenvalue weighted by Gasteiger charge is 2.26. The number of nitrogens with zero attached hydrogens (tertiary/aromatic N) is 1. The van der Waals surface area contributed by atoms with E-state index in [0.717, 1.165) is 17.0 Å². The molecule has 0 N–H and O–H groups in total. The molecule has 0 saturated heterocycles. The zero-order valence-electron chi connectivity index (χ0n) is 9.83. The van der Waals surface area contributed by atoms with E-state index in [-0.39, 0.29) is 17.8 Å². The second kappa shape index (κ2) is 4.47. The normalized spacial score (nSPS) is 14.7. The summed E-state index contributed by atoms with van der Waals surface area (Å²) in [6.45, 7) is 7.59. The van der Waals surface area contributed by atoms with Crippen LogP contribution in [-0.2, 0) is 9.53 Å². The highest BCUT2D eigenvalue weighted by atomic mass is 16.5. The fourth-order valence-corrected chi connectivity index (χ4v) is 1.49. The molecule has 4 heteroatoms. The smallest absolute Gasteiger partial charge is 0.309 e. The van der Waals surface area contributed by atoms with Gasteiger partial charge in [-0.15, -0.1) is 0 Å². The number of rotatable bonds is 3. The molecule has 4 nitrogen and oxygen atoms in total. The maximum Gasteiger partial charge on any atom is 0.309 e. The molecule has 15 heavy (non-hydrogen) atoms. The minimum atomic E-state index is -0.220. The Hall–Kier alpha value is -1.32. The molecule has 0 aliphatic heterocycles. The average Bonchev–Trinajstić information content (AvgIpc) is 2.56. The number of hydrogen-bond acceptors (Lipinski definition) is 4. The summed E-state index contributed by atoms with van der Waals surface area (Å²) in [4.78, 5) is 11.4. The fraction of sp³-hybridized carbons (Fsp3) is 0.636. The summed E-state index contributed by atoms with van der Waals surface area (Å²) in [5, 5.41) is 3.97. The van der Waals surface area contributed by atoms with Gasteiger partial charge in [0, 0.05) is 11.5 Å². The van der Waals surface area contributed by atoms with E-state index in [0.29, 0.717) is 0 Å². The van der Waals surface area contributed by atoms with Gasteiger partial charge < -0.3 is 9.26 Å². The van der Waals surface area contributed by atoms with E-state index in [4.69, 9.17) is 9.26 Å². The van der Waals surface area contributed by atoms with E-state index in [1.54, 1.807) is 0 Å². The summed E-state index contributed by atoms with van der Waals surface area (Å²) in [5.74, 6) is 0.379. The van der Waals surface area contributed by atoms with E-state index in [1.165, 1.54) is 7.11 Å². The summed E-state index contributed by atoms with van der Waals surface area (Å²) in [6.07, 6.45) is 0. The number of ether oxygens (including phenoxy) is 1. The van der Waals surface area contributed by atoms with Gasteiger partial charge in [-0.3, -0.25) is 4.79 Å². The summed E-state index contributed by atoms with van der Waals surface area (Å²) in [5.41, 5.74) is 1.85. The lowest BCUT2D eigenvalue weighted by Gasteiger charge is -2.15. The molecule has 0 radical (unpaired) electrons. The molecule has 84 valence electrons. The van der Waals surface area contributed by atoms with Crippen LogP contribution in [-0.4, -0.2) is 18.2 Å². The Morgan fingerprint density at radius 2 is 2.00 bits per heavy atom. The lowest BCUT2D eigenvalue weighted by Crippen LogP contribution is -2.19. The van der Waals surface area contributed by atoms with Crippen molar-refractivity contribution in [1.82, 2.24) is 5.16 Å². The molecular formula is C11H17NO3. The monoisotopic (exact) mass is 211 g/mol. The predicted molar refractivity (Wildman–Crippen MR) is 55.6 cm³/mol. The van der Waals surface area contributed by atoms with Gasteiger partial charge >= 0.3 is 5.97 Å². The van der Waals surface area contributed by atoms with Crippen molar-refractivity contribution < 1.29 is 14.1 Å². The number of aryl methyl sites for hydroxylation is 1. The molecule has 0 aliphatic carbocycles. The van der Waals surface area contributed by atoms with Crippen molar-refractivity contribution in [2.45, 2.75) is 33.6 Å². The Morgan fingerprint density at radius 3 is 2.40 bits per heavy atom. The van der Waals surface area contributed by atoms with E-state index >= 15 is 0 Å². The number of carbonyl (C=O) groups is 1. The quantitative estimate of drug-likeness (QED) is 0.719. The average molecular weight is 211 g/mol. The van der Waals surface area contributed by atoms with Gasteiger partial charge in [-0.25, -0.2) is 0 Å². The van der Waals surface area contributed by atoms with Gasteiger partial charge in [-0.05, 0) is 13.8 Å². The number of carbonyl (C=O) groups excluding carboxylic acids is 1. The van der Waals surface area contributed by atoms with Crippen molar-refractivity contribution in [2.75, 3.05) is 7.11 Å².